The Morgan fingerprint density at radius 3 is 1.61 bits per heavy atom. The lowest BCUT2D eigenvalue weighted by molar-refractivity contribution is -0.140. The highest BCUT2D eigenvalue weighted by Crippen LogP contribution is 2.12. The average Bonchev–Trinajstić information content (AvgIpc) is 3.02. The molecule has 1 rings (SSSR count). The molecule has 0 aliphatic rings. The van der Waals surface area contributed by atoms with Crippen LogP contribution < -0.4 is 0 Å². The number of carbonyl (C=O) groups excluding carboxylic acids is 3. The summed E-state index contributed by atoms with van der Waals surface area (Å²) in [6.07, 6.45) is 9.66. The molecule has 1 aromatic carbocycles. The molecule has 1 N–H and O–H groups in total. The molecule has 0 heterocycles. The molecular weight excluding hydrogens is 560 g/mol. The predicted molar refractivity (Wildman–Crippen MR) is 181 cm³/mol. The van der Waals surface area contributed by atoms with Gasteiger partial charge in [0.25, 0.3) is 0 Å². The lowest BCUT2D eigenvalue weighted by Gasteiger charge is -2.13. The second-order valence-corrected chi connectivity index (χ2v) is 9.49. The molecule has 0 amide bonds. The van der Waals surface area contributed by atoms with Gasteiger partial charge in [-0.15, -0.1) is 0 Å². The van der Waals surface area contributed by atoms with Crippen molar-refractivity contribution in [1.82, 2.24) is 0 Å². The SMILES string of the molecule is C=C(C)C(=O)O.C=C(C)C(=O)OC.C=C(C)C(=O)OCCCC.C=CC(=O)OCC(CC)CCCC.C=Cc1ccccc1. The van der Waals surface area contributed by atoms with Crippen LogP contribution in [0.25, 0.3) is 6.08 Å². The topological polar surface area (TPSA) is 116 Å². The summed E-state index contributed by atoms with van der Waals surface area (Å²) >= 11 is 0. The van der Waals surface area contributed by atoms with Gasteiger partial charge in [-0.05, 0) is 45.1 Å². The first kappa shape index (κ1) is 46.7. The van der Waals surface area contributed by atoms with Crippen LogP contribution in [0.1, 0.15) is 85.6 Å². The van der Waals surface area contributed by atoms with Crippen LogP contribution in [-0.4, -0.2) is 49.3 Å². The zero-order chi connectivity index (χ0) is 34.9. The first-order chi connectivity index (χ1) is 20.7. The number of rotatable bonds is 14. The van der Waals surface area contributed by atoms with Gasteiger partial charge in [0.15, 0.2) is 0 Å². The highest BCUT2D eigenvalue weighted by Gasteiger charge is 2.07. The molecule has 1 unspecified atom stereocenters. The Bertz CT molecular complexity index is 981. The van der Waals surface area contributed by atoms with Gasteiger partial charge in [-0.2, -0.15) is 0 Å². The molecule has 44 heavy (non-hydrogen) atoms. The lowest BCUT2D eigenvalue weighted by Crippen LogP contribution is -2.12. The van der Waals surface area contributed by atoms with Gasteiger partial charge in [0, 0.05) is 22.8 Å². The summed E-state index contributed by atoms with van der Waals surface area (Å²) < 4.78 is 14.1. The minimum Gasteiger partial charge on any atom is -0.478 e. The summed E-state index contributed by atoms with van der Waals surface area (Å²) in [5.41, 5.74) is 2.25. The Morgan fingerprint density at radius 1 is 0.818 bits per heavy atom. The molecule has 248 valence electrons. The van der Waals surface area contributed by atoms with Crippen molar-refractivity contribution in [1.29, 1.82) is 0 Å². The van der Waals surface area contributed by atoms with Gasteiger partial charge >= 0.3 is 23.9 Å². The van der Waals surface area contributed by atoms with Gasteiger partial charge in [-0.3, -0.25) is 0 Å². The van der Waals surface area contributed by atoms with E-state index in [1.165, 1.54) is 38.5 Å². The molecule has 0 saturated carbocycles. The van der Waals surface area contributed by atoms with Crippen molar-refractivity contribution in [2.24, 2.45) is 5.92 Å². The van der Waals surface area contributed by atoms with Crippen molar-refractivity contribution in [3.8, 4) is 0 Å². The Labute approximate surface area is 266 Å². The molecule has 8 nitrogen and oxygen atoms in total. The Balaban J connectivity index is -0.000000234. The molecule has 8 heteroatoms. The van der Waals surface area contributed by atoms with E-state index in [0.29, 0.717) is 30.3 Å². The van der Waals surface area contributed by atoms with Gasteiger partial charge in [0.05, 0.1) is 20.3 Å². The first-order valence-corrected chi connectivity index (χ1v) is 14.6. The number of unbranched alkanes of at least 4 members (excludes halogenated alkanes) is 2. The van der Waals surface area contributed by atoms with Crippen LogP contribution in [0, 0.1) is 5.92 Å². The van der Waals surface area contributed by atoms with E-state index < -0.39 is 5.97 Å². The summed E-state index contributed by atoms with van der Waals surface area (Å²) in [5, 5.41) is 7.89. The predicted octanol–water partition coefficient (Wildman–Crippen LogP) is 8.55. The van der Waals surface area contributed by atoms with Crippen molar-refractivity contribution in [2.75, 3.05) is 20.3 Å². The second kappa shape index (κ2) is 33.3. The minimum atomic E-state index is -0.935. The Morgan fingerprint density at radius 2 is 1.32 bits per heavy atom. The number of hydrogen-bond acceptors (Lipinski definition) is 7. The fraction of sp³-hybridized carbons (Fsp3) is 0.444. The summed E-state index contributed by atoms with van der Waals surface area (Å²) in [5.74, 6) is -1.36. The maximum absolute atomic E-state index is 10.8. The molecule has 0 aliphatic carbocycles. The standard InChI is InChI=1S/C11H20O2.C8H14O2.C8H8.C5H8O2.C4H6O2/c1-4-7-8-10(5-2)9-13-11(12)6-3;1-4-5-6-10-8(9)7(2)3;1-2-8-6-4-3-5-7-8;1-4(2)5(6)7-3;1-3(2)4(5)6/h6,10H,3-5,7-9H2,1-2H3;2,4-6H2,1,3H3;2-7H,1H2;1H2,2-3H3;1H2,2H3,(H,5,6). The van der Waals surface area contributed by atoms with Crippen LogP contribution in [0.4, 0.5) is 0 Å². The normalized spacial score (nSPS) is 9.43. The first-order valence-electron chi connectivity index (χ1n) is 14.6. The largest absolute Gasteiger partial charge is 0.478 e. The van der Waals surface area contributed by atoms with Crippen LogP contribution in [0.2, 0.25) is 0 Å². The van der Waals surface area contributed by atoms with E-state index in [4.69, 9.17) is 14.6 Å². The fourth-order valence-corrected chi connectivity index (χ4v) is 2.35. The van der Waals surface area contributed by atoms with Crippen molar-refractivity contribution in [3.63, 3.8) is 0 Å². The van der Waals surface area contributed by atoms with Crippen LogP contribution in [0.15, 0.2) is 86.0 Å². The van der Waals surface area contributed by atoms with Crippen molar-refractivity contribution in [3.05, 3.63) is 91.6 Å². The van der Waals surface area contributed by atoms with Crippen molar-refractivity contribution < 1.29 is 38.5 Å². The zero-order valence-corrected chi connectivity index (χ0v) is 28.1. The van der Waals surface area contributed by atoms with Gasteiger partial charge in [0.1, 0.15) is 0 Å². The van der Waals surface area contributed by atoms with E-state index in [2.05, 4.69) is 58.4 Å². The maximum Gasteiger partial charge on any atom is 0.333 e. The summed E-state index contributed by atoms with van der Waals surface area (Å²) in [6, 6.07) is 10.0. The van der Waals surface area contributed by atoms with Crippen LogP contribution in [-0.2, 0) is 33.4 Å². The number of esters is 3. The van der Waals surface area contributed by atoms with Crippen molar-refractivity contribution in [2.45, 2.75) is 80.1 Å². The molecular formula is C36H56O8. The number of hydrogen-bond donors (Lipinski definition) is 1. The molecule has 0 aromatic heterocycles. The third-order valence-electron chi connectivity index (χ3n) is 5.18. The monoisotopic (exact) mass is 616 g/mol. The molecule has 0 fully saturated rings. The molecule has 0 spiro atoms. The molecule has 0 saturated heterocycles. The van der Waals surface area contributed by atoms with Gasteiger partial charge < -0.3 is 19.3 Å². The third kappa shape index (κ3) is 35.8. The van der Waals surface area contributed by atoms with Gasteiger partial charge in [0.2, 0.25) is 0 Å². The van der Waals surface area contributed by atoms with E-state index in [0.717, 1.165) is 25.7 Å². The molecule has 0 radical (unpaired) electrons. The maximum atomic E-state index is 10.8. The minimum absolute atomic E-state index is 0.176. The van der Waals surface area contributed by atoms with E-state index in [1.807, 2.05) is 36.4 Å². The number of methoxy groups -OCH3 is 1. The van der Waals surface area contributed by atoms with E-state index in [9.17, 15) is 19.2 Å². The zero-order valence-electron chi connectivity index (χ0n) is 28.1. The Hall–Kier alpha value is -4.20. The number of carboxylic acid groups (broad SMARTS) is 1. The van der Waals surface area contributed by atoms with Crippen LogP contribution in [0.3, 0.4) is 0 Å². The smallest absolute Gasteiger partial charge is 0.333 e. The number of benzene rings is 1. The average molecular weight is 617 g/mol. The number of ether oxygens (including phenoxy) is 3. The highest BCUT2D eigenvalue weighted by molar-refractivity contribution is 5.87. The van der Waals surface area contributed by atoms with Gasteiger partial charge in [-0.1, -0.05) is 116 Å². The summed E-state index contributed by atoms with van der Waals surface area (Å²) in [7, 11) is 1.33. The molecule has 1 aromatic rings. The van der Waals surface area contributed by atoms with Crippen LogP contribution in [0.5, 0.6) is 0 Å². The highest BCUT2D eigenvalue weighted by atomic mass is 16.5. The van der Waals surface area contributed by atoms with E-state index >= 15 is 0 Å². The van der Waals surface area contributed by atoms with E-state index in [1.54, 1.807) is 13.8 Å². The quantitative estimate of drug-likeness (QED) is 0.0956. The van der Waals surface area contributed by atoms with Crippen LogP contribution >= 0.6 is 0 Å². The number of carbonyl (C=O) groups is 4. The van der Waals surface area contributed by atoms with E-state index in [-0.39, 0.29) is 23.5 Å². The summed E-state index contributed by atoms with van der Waals surface area (Å²) in [6.45, 7) is 29.1. The summed E-state index contributed by atoms with van der Waals surface area (Å²) in [4.78, 5) is 41.3. The second-order valence-electron chi connectivity index (χ2n) is 9.49. The molecule has 1 atom stereocenters. The van der Waals surface area contributed by atoms with Gasteiger partial charge in [-0.25, -0.2) is 19.2 Å². The molecule has 0 aliphatic heterocycles. The number of carboxylic acids is 1. The molecule has 0 bridgehead atoms. The number of aliphatic carboxylic acids is 1. The third-order valence-corrected chi connectivity index (χ3v) is 5.18. The Kier molecular flexibility index (Phi) is 35.4. The fourth-order valence-electron chi connectivity index (χ4n) is 2.35. The lowest BCUT2D eigenvalue weighted by atomic mass is 10.0. The van der Waals surface area contributed by atoms with Crippen molar-refractivity contribution >= 4 is 30.0 Å².